The molecular formula is C12H16BF3N3O-. The first-order valence-corrected chi connectivity index (χ1v) is 6.50. The fraction of sp³-hybridized carbons (Fsp3) is 0.500. The Balaban J connectivity index is 1.86. The van der Waals surface area contributed by atoms with E-state index in [1.165, 1.54) is 4.90 Å². The molecule has 1 aromatic heterocycles. The lowest BCUT2D eigenvalue weighted by Crippen LogP contribution is -2.39. The number of likely N-dealkylation sites (tertiary alicyclic amines) is 1. The van der Waals surface area contributed by atoms with Gasteiger partial charge < -0.3 is 23.2 Å². The lowest BCUT2D eigenvalue weighted by molar-refractivity contribution is 0.208. The van der Waals surface area contributed by atoms with E-state index in [-0.39, 0.29) is 19.5 Å². The van der Waals surface area contributed by atoms with Crippen molar-refractivity contribution in [2.75, 3.05) is 13.1 Å². The van der Waals surface area contributed by atoms with Gasteiger partial charge in [0.25, 0.3) is 0 Å². The predicted molar refractivity (Wildman–Crippen MR) is 70.2 cm³/mol. The van der Waals surface area contributed by atoms with Gasteiger partial charge in [0.15, 0.2) is 0 Å². The first kappa shape index (κ1) is 14.7. The van der Waals surface area contributed by atoms with Crippen LogP contribution in [-0.4, -0.2) is 36.0 Å². The van der Waals surface area contributed by atoms with E-state index < -0.39 is 18.8 Å². The second-order valence-corrected chi connectivity index (χ2v) is 5.08. The molecule has 1 aromatic rings. The summed E-state index contributed by atoms with van der Waals surface area (Å²) < 4.78 is 37.8. The third-order valence-electron chi connectivity index (χ3n) is 3.61. The van der Waals surface area contributed by atoms with Gasteiger partial charge in [-0.3, -0.25) is 4.98 Å². The van der Waals surface area contributed by atoms with Crippen LogP contribution in [0.3, 0.4) is 0 Å². The zero-order valence-corrected chi connectivity index (χ0v) is 11.2. The predicted octanol–water partition coefficient (Wildman–Crippen LogP) is 2.52. The largest absolute Gasteiger partial charge is 0.483 e. The molecule has 0 saturated carbocycles. The zero-order chi connectivity index (χ0) is 14.8. The molecule has 4 nitrogen and oxygen atoms in total. The number of urea groups is 1. The molecule has 1 saturated heterocycles. The molecule has 1 aliphatic heterocycles. The molecule has 8 heteroatoms. The van der Waals surface area contributed by atoms with Gasteiger partial charge >= 0.3 is 13.0 Å². The van der Waals surface area contributed by atoms with Crippen LogP contribution in [0.15, 0.2) is 18.5 Å². The van der Waals surface area contributed by atoms with Gasteiger partial charge in [-0.2, -0.15) is 0 Å². The van der Waals surface area contributed by atoms with E-state index >= 15 is 0 Å². The van der Waals surface area contributed by atoms with Crippen LogP contribution in [-0.2, 0) is 6.54 Å². The summed E-state index contributed by atoms with van der Waals surface area (Å²) in [4.78, 5) is 17.0. The molecule has 0 radical (unpaired) electrons. The summed E-state index contributed by atoms with van der Waals surface area (Å²) in [5.41, 5.74) is 1.84. The summed E-state index contributed by atoms with van der Waals surface area (Å²) >= 11 is 0. The number of amides is 2. The Labute approximate surface area is 115 Å². The molecule has 1 atom stereocenters. The molecule has 1 aliphatic rings. The Morgan fingerprint density at radius 3 is 2.90 bits per heavy atom. The van der Waals surface area contributed by atoms with Gasteiger partial charge in [-0.05, 0) is 24.1 Å². The van der Waals surface area contributed by atoms with Crippen molar-refractivity contribution in [1.29, 1.82) is 0 Å². The maximum Gasteiger partial charge on any atom is 0.483 e. The summed E-state index contributed by atoms with van der Waals surface area (Å²) in [7, 11) is 0. The highest BCUT2D eigenvalue weighted by Gasteiger charge is 2.40. The van der Waals surface area contributed by atoms with Crippen LogP contribution < -0.4 is 5.32 Å². The smallest absolute Gasteiger partial charge is 0.449 e. The first-order valence-electron chi connectivity index (χ1n) is 6.50. The second kappa shape index (κ2) is 5.72. The lowest BCUT2D eigenvalue weighted by Gasteiger charge is -2.23. The fourth-order valence-corrected chi connectivity index (χ4v) is 2.26. The lowest BCUT2D eigenvalue weighted by atomic mass is 9.72. The molecular weight excluding hydrogens is 270 g/mol. The summed E-state index contributed by atoms with van der Waals surface area (Å²) in [6, 6.07) is 1.34. The van der Waals surface area contributed by atoms with Crippen molar-refractivity contribution in [2.24, 2.45) is 0 Å². The summed E-state index contributed by atoms with van der Waals surface area (Å²) in [6.45, 7) is -2.77. The Kier molecular flexibility index (Phi) is 4.20. The van der Waals surface area contributed by atoms with E-state index in [2.05, 4.69) is 10.3 Å². The highest BCUT2D eigenvalue weighted by atomic mass is 19.4. The highest BCUT2D eigenvalue weighted by molar-refractivity contribution is 6.60. The number of aryl methyl sites for hydroxylation is 1. The molecule has 1 N–H and O–H groups in total. The van der Waals surface area contributed by atoms with Crippen LogP contribution in [0.25, 0.3) is 0 Å². The molecule has 20 heavy (non-hydrogen) atoms. The van der Waals surface area contributed by atoms with Crippen molar-refractivity contribution in [3.05, 3.63) is 29.6 Å². The number of hydrogen-bond acceptors (Lipinski definition) is 2. The number of pyridine rings is 1. The number of nitrogens with zero attached hydrogens (tertiary/aromatic N) is 2. The Morgan fingerprint density at radius 1 is 1.55 bits per heavy atom. The second-order valence-electron chi connectivity index (χ2n) is 5.08. The highest BCUT2D eigenvalue weighted by Crippen LogP contribution is 2.34. The van der Waals surface area contributed by atoms with Gasteiger partial charge in [0, 0.05) is 32.0 Å². The van der Waals surface area contributed by atoms with E-state index in [9.17, 15) is 17.7 Å². The van der Waals surface area contributed by atoms with Gasteiger partial charge in [-0.15, -0.1) is 0 Å². The number of rotatable bonds is 3. The van der Waals surface area contributed by atoms with Gasteiger partial charge in [0.1, 0.15) is 0 Å². The van der Waals surface area contributed by atoms with E-state index in [1.54, 1.807) is 18.5 Å². The summed E-state index contributed by atoms with van der Waals surface area (Å²) in [5.74, 6) is -1.34. The molecule has 0 bridgehead atoms. The van der Waals surface area contributed by atoms with Crippen molar-refractivity contribution >= 4 is 13.0 Å². The van der Waals surface area contributed by atoms with Crippen molar-refractivity contribution in [3.63, 3.8) is 0 Å². The number of nitrogens with one attached hydrogen (secondary N) is 1. The monoisotopic (exact) mass is 286 g/mol. The zero-order valence-electron chi connectivity index (χ0n) is 11.2. The third-order valence-corrected chi connectivity index (χ3v) is 3.61. The Hall–Kier alpha value is -1.73. The number of aromatic nitrogens is 1. The molecule has 1 fully saturated rings. The van der Waals surface area contributed by atoms with Crippen molar-refractivity contribution in [3.8, 4) is 0 Å². The topological polar surface area (TPSA) is 45.2 Å². The SMILES string of the molecule is Cc1cnccc1CNC(=O)N1CCC([B-](F)(F)F)C1. The molecule has 2 heterocycles. The van der Waals surface area contributed by atoms with Crippen LogP contribution in [0.4, 0.5) is 17.7 Å². The fourth-order valence-electron chi connectivity index (χ4n) is 2.26. The van der Waals surface area contributed by atoms with E-state index in [0.717, 1.165) is 11.1 Å². The Morgan fingerprint density at radius 2 is 2.30 bits per heavy atom. The molecule has 110 valence electrons. The Bertz CT molecular complexity index is 495. The average Bonchev–Trinajstić information content (AvgIpc) is 2.87. The number of hydrogen-bond donors (Lipinski definition) is 1. The van der Waals surface area contributed by atoms with Crippen LogP contribution in [0.5, 0.6) is 0 Å². The first-order chi connectivity index (χ1) is 9.38. The standard InChI is InChI=1S/C12H16BF3N3O/c1-9-6-17-4-2-10(9)7-18-12(20)19-5-3-11(8-19)13(14,15)16/h2,4,6,11H,3,5,7-8H2,1H3,(H,18,20)/q-1. The summed E-state index contributed by atoms with van der Waals surface area (Å²) in [6.07, 6.45) is 3.30. The van der Waals surface area contributed by atoms with E-state index in [0.29, 0.717) is 6.54 Å². The average molecular weight is 286 g/mol. The molecule has 2 amide bonds. The van der Waals surface area contributed by atoms with Crippen LogP contribution in [0, 0.1) is 6.92 Å². The number of carbonyl (C=O) groups excluding carboxylic acids is 1. The minimum absolute atomic E-state index is 0.00516. The number of carbonyl (C=O) groups is 1. The normalized spacial score (nSPS) is 19.2. The van der Waals surface area contributed by atoms with Crippen molar-refractivity contribution in [1.82, 2.24) is 15.2 Å². The van der Waals surface area contributed by atoms with Crippen LogP contribution >= 0.6 is 0 Å². The molecule has 0 aliphatic carbocycles. The van der Waals surface area contributed by atoms with Crippen molar-refractivity contribution < 1.29 is 17.7 Å². The van der Waals surface area contributed by atoms with Gasteiger partial charge in [0.05, 0.1) is 0 Å². The maximum absolute atomic E-state index is 12.6. The van der Waals surface area contributed by atoms with Crippen LogP contribution in [0.1, 0.15) is 17.5 Å². The molecule has 0 aromatic carbocycles. The van der Waals surface area contributed by atoms with Crippen molar-refractivity contribution in [2.45, 2.75) is 25.7 Å². The van der Waals surface area contributed by atoms with Crippen LogP contribution in [0.2, 0.25) is 5.82 Å². The number of halogens is 3. The molecule has 0 spiro atoms. The summed E-state index contributed by atoms with van der Waals surface area (Å²) in [5, 5.41) is 2.65. The molecule has 2 rings (SSSR count). The minimum Gasteiger partial charge on any atom is -0.449 e. The molecule has 1 unspecified atom stereocenters. The van der Waals surface area contributed by atoms with Gasteiger partial charge in [0.2, 0.25) is 0 Å². The third kappa shape index (κ3) is 3.43. The van der Waals surface area contributed by atoms with E-state index in [1.807, 2.05) is 6.92 Å². The minimum atomic E-state index is -4.86. The van der Waals surface area contributed by atoms with E-state index in [4.69, 9.17) is 0 Å². The van der Waals surface area contributed by atoms with Gasteiger partial charge in [-0.25, -0.2) is 4.79 Å². The van der Waals surface area contributed by atoms with Gasteiger partial charge in [-0.1, -0.05) is 12.2 Å². The quantitative estimate of drug-likeness (QED) is 0.868. The maximum atomic E-state index is 12.6.